The third kappa shape index (κ3) is 2.13. The molecule has 2 fully saturated rings. The van der Waals surface area contributed by atoms with E-state index in [1.54, 1.807) is 0 Å². The van der Waals surface area contributed by atoms with Crippen molar-refractivity contribution in [2.24, 2.45) is 17.8 Å². The Labute approximate surface area is 94.0 Å². The summed E-state index contributed by atoms with van der Waals surface area (Å²) in [6, 6.07) is 0.440. The lowest BCUT2D eigenvalue weighted by Crippen LogP contribution is -2.39. The molecule has 0 saturated heterocycles. The number of hydrogen-bond donors (Lipinski definition) is 1. The van der Waals surface area contributed by atoms with Gasteiger partial charge in [-0.15, -0.1) is 0 Å². The molecule has 0 bridgehead atoms. The van der Waals surface area contributed by atoms with E-state index in [9.17, 15) is 4.79 Å². The molecule has 1 amide bonds. The second kappa shape index (κ2) is 4.21. The molecule has 2 aliphatic carbocycles. The predicted octanol–water partition coefficient (Wildman–Crippen LogP) is 2.32. The van der Waals surface area contributed by atoms with Crippen LogP contribution in [0.1, 0.15) is 32.6 Å². The number of alkyl halides is 1. The molecule has 0 aromatic rings. The molecule has 4 atom stereocenters. The van der Waals surface area contributed by atoms with E-state index in [-0.39, 0.29) is 0 Å². The number of carbonyl (C=O) groups is 1. The molecule has 0 aliphatic heterocycles. The lowest BCUT2D eigenvalue weighted by molar-refractivity contribution is -0.123. The van der Waals surface area contributed by atoms with E-state index in [2.05, 4.69) is 28.2 Å². The molecule has 3 heteroatoms. The first-order chi connectivity index (χ1) is 6.72. The molecule has 2 nitrogen and oxygen atoms in total. The Morgan fingerprint density at radius 1 is 1.50 bits per heavy atom. The molecule has 2 aliphatic rings. The van der Waals surface area contributed by atoms with Crippen molar-refractivity contribution < 1.29 is 4.79 Å². The highest BCUT2D eigenvalue weighted by atomic mass is 79.9. The van der Waals surface area contributed by atoms with Crippen molar-refractivity contribution in [3.63, 3.8) is 0 Å². The highest BCUT2D eigenvalue weighted by Gasteiger charge is 2.40. The van der Waals surface area contributed by atoms with Crippen molar-refractivity contribution in [1.29, 1.82) is 0 Å². The second-order valence-corrected chi connectivity index (χ2v) is 5.43. The minimum Gasteiger partial charge on any atom is -0.353 e. The molecule has 2 saturated carbocycles. The van der Waals surface area contributed by atoms with Crippen molar-refractivity contribution in [2.75, 3.05) is 5.33 Å². The molecular weight excluding hydrogens is 242 g/mol. The second-order valence-electron chi connectivity index (χ2n) is 4.78. The largest absolute Gasteiger partial charge is 0.353 e. The number of carbonyl (C=O) groups excluding carboxylic acids is 1. The molecule has 4 unspecified atom stereocenters. The maximum absolute atomic E-state index is 11.7. The monoisotopic (exact) mass is 259 g/mol. The van der Waals surface area contributed by atoms with Crippen molar-refractivity contribution in [2.45, 2.75) is 38.6 Å². The summed E-state index contributed by atoms with van der Waals surface area (Å²) in [7, 11) is 0. The van der Waals surface area contributed by atoms with Gasteiger partial charge in [0.05, 0.1) is 0 Å². The van der Waals surface area contributed by atoms with Crippen LogP contribution < -0.4 is 5.32 Å². The summed E-state index contributed by atoms with van der Waals surface area (Å²) < 4.78 is 0. The van der Waals surface area contributed by atoms with Crippen molar-refractivity contribution in [1.82, 2.24) is 5.32 Å². The average molecular weight is 260 g/mol. The smallest absolute Gasteiger partial charge is 0.223 e. The van der Waals surface area contributed by atoms with E-state index >= 15 is 0 Å². The Morgan fingerprint density at radius 2 is 2.21 bits per heavy atom. The summed E-state index contributed by atoms with van der Waals surface area (Å²) in [6.45, 7) is 2.15. The van der Waals surface area contributed by atoms with Crippen LogP contribution in [0.5, 0.6) is 0 Å². The molecule has 0 aromatic heterocycles. The first kappa shape index (κ1) is 10.5. The van der Waals surface area contributed by atoms with E-state index in [4.69, 9.17) is 0 Å². The van der Waals surface area contributed by atoms with Crippen molar-refractivity contribution in [3.05, 3.63) is 0 Å². The molecule has 2 rings (SSSR count). The number of nitrogens with one attached hydrogen (secondary N) is 1. The number of hydrogen-bond acceptors (Lipinski definition) is 1. The zero-order valence-corrected chi connectivity index (χ0v) is 10.2. The third-order valence-electron chi connectivity index (χ3n) is 3.63. The third-order valence-corrected chi connectivity index (χ3v) is 4.46. The first-order valence-corrected chi connectivity index (χ1v) is 6.71. The minimum atomic E-state index is 0.301. The van der Waals surface area contributed by atoms with Gasteiger partial charge in [-0.25, -0.2) is 0 Å². The van der Waals surface area contributed by atoms with Crippen molar-refractivity contribution >= 4 is 21.8 Å². The zero-order valence-electron chi connectivity index (χ0n) is 8.63. The van der Waals surface area contributed by atoms with Gasteiger partial charge in [0.1, 0.15) is 0 Å². The fourth-order valence-electron chi connectivity index (χ4n) is 2.39. The quantitative estimate of drug-likeness (QED) is 0.775. The summed E-state index contributed by atoms with van der Waals surface area (Å²) >= 11 is 3.52. The highest BCUT2D eigenvalue weighted by molar-refractivity contribution is 9.09. The predicted molar refractivity (Wildman–Crippen MR) is 60.3 cm³/mol. The summed E-state index contributed by atoms with van der Waals surface area (Å²) in [6.07, 6.45) is 4.79. The molecule has 0 aromatic carbocycles. The Hall–Kier alpha value is -0.0500. The van der Waals surface area contributed by atoms with Crippen LogP contribution in [0.2, 0.25) is 0 Å². The molecule has 0 radical (unpaired) electrons. The lowest BCUT2D eigenvalue weighted by Gasteiger charge is -2.18. The summed E-state index contributed by atoms with van der Waals surface area (Å²) in [5.74, 6) is 1.91. The van der Waals surface area contributed by atoms with Crippen LogP contribution in [0.3, 0.4) is 0 Å². The van der Waals surface area contributed by atoms with E-state index in [0.29, 0.717) is 29.7 Å². The van der Waals surface area contributed by atoms with Gasteiger partial charge in [-0.2, -0.15) is 0 Å². The van der Waals surface area contributed by atoms with Gasteiger partial charge in [-0.3, -0.25) is 4.79 Å². The van der Waals surface area contributed by atoms with Gasteiger partial charge in [-0.1, -0.05) is 29.3 Å². The van der Waals surface area contributed by atoms with Gasteiger partial charge in [0.15, 0.2) is 0 Å². The van der Waals surface area contributed by atoms with Gasteiger partial charge in [0.25, 0.3) is 0 Å². The summed E-state index contributed by atoms with van der Waals surface area (Å²) in [5.41, 5.74) is 0. The van der Waals surface area contributed by atoms with Gasteiger partial charge < -0.3 is 5.32 Å². The lowest BCUT2D eigenvalue weighted by atomic mass is 10.1. The first-order valence-electron chi connectivity index (χ1n) is 5.58. The Morgan fingerprint density at radius 3 is 2.79 bits per heavy atom. The van der Waals surface area contributed by atoms with Gasteiger partial charge in [-0.05, 0) is 31.1 Å². The average Bonchev–Trinajstić information content (AvgIpc) is 2.74. The number of amides is 1. The highest BCUT2D eigenvalue weighted by Crippen LogP contribution is 2.38. The Kier molecular flexibility index (Phi) is 3.15. The summed E-state index contributed by atoms with van der Waals surface area (Å²) in [5, 5.41) is 4.23. The standard InChI is InChI=1S/C11H18BrNO/c1-7-5-9(7)11(14)13-10-4-2-3-8(10)6-12/h7-10H,2-6H2,1H3,(H,13,14). The van der Waals surface area contributed by atoms with E-state index in [1.165, 1.54) is 19.3 Å². The van der Waals surface area contributed by atoms with Crippen LogP contribution in [0.4, 0.5) is 0 Å². The number of rotatable bonds is 3. The van der Waals surface area contributed by atoms with Crippen LogP contribution in [0, 0.1) is 17.8 Å². The molecule has 80 valence electrons. The fourth-order valence-corrected chi connectivity index (χ4v) is 3.16. The van der Waals surface area contributed by atoms with Gasteiger partial charge in [0, 0.05) is 17.3 Å². The normalized spacial score (nSPS) is 41.0. The van der Waals surface area contributed by atoms with E-state index in [1.807, 2.05) is 0 Å². The van der Waals surface area contributed by atoms with Crippen LogP contribution in [0.25, 0.3) is 0 Å². The summed E-state index contributed by atoms with van der Waals surface area (Å²) in [4.78, 5) is 11.7. The fraction of sp³-hybridized carbons (Fsp3) is 0.909. The van der Waals surface area contributed by atoms with Crippen molar-refractivity contribution in [3.8, 4) is 0 Å². The zero-order chi connectivity index (χ0) is 10.1. The Bertz CT molecular complexity index is 231. The maximum Gasteiger partial charge on any atom is 0.223 e. The van der Waals surface area contributed by atoms with Crippen LogP contribution in [0.15, 0.2) is 0 Å². The molecule has 14 heavy (non-hydrogen) atoms. The van der Waals surface area contributed by atoms with E-state index < -0.39 is 0 Å². The van der Waals surface area contributed by atoms with Gasteiger partial charge >= 0.3 is 0 Å². The molecule has 0 heterocycles. The van der Waals surface area contributed by atoms with Crippen LogP contribution >= 0.6 is 15.9 Å². The molecule has 0 spiro atoms. The topological polar surface area (TPSA) is 29.1 Å². The molecule has 1 N–H and O–H groups in total. The maximum atomic E-state index is 11.7. The SMILES string of the molecule is CC1CC1C(=O)NC1CCCC1CBr. The minimum absolute atomic E-state index is 0.301. The molecular formula is C11H18BrNO. The Balaban J connectivity index is 1.81. The van der Waals surface area contributed by atoms with E-state index in [0.717, 1.165) is 11.8 Å². The van der Waals surface area contributed by atoms with Gasteiger partial charge in [0.2, 0.25) is 5.91 Å². The number of halogens is 1. The van der Waals surface area contributed by atoms with Crippen LogP contribution in [-0.4, -0.2) is 17.3 Å². The van der Waals surface area contributed by atoms with Crippen LogP contribution in [-0.2, 0) is 4.79 Å².